The summed E-state index contributed by atoms with van der Waals surface area (Å²) in [6.45, 7) is 5.32. The molecular weight excluding hydrogens is 404 g/mol. The van der Waals surface area contributed by atoms with E-state index in [1.807, 2.05) is 60.4 Å². The van der Waals surface area contributed by atoms with Crippen LogP contribution in [0.15, 0.2) is 58.5 Å². The summed E-state index contributed by atoms with van der Waals surface area (Å²) < 4.78 is 11.1. The predicted molar refractivity (Wildman–Crippen MR) is 120 cm³/mol. The molecule has 0 aromatic heterocycles. The van der Waals surface area contributed by atoms with E-state index >= 15 is 0 Å². The highest BCUT2D eigenvalue weighted by molar-refractivity contribution is 6.30. The minimum Gasteiger partial charge on any atom is -0.494 e. The van der Waals surface area contributed by atoms with Crippen LogP contribution in [0.5, 0.6) is 5.75 Å². The van der Waals surface area contributed by atoms with Gasteiger partial charge in [-0.1, -0.05) is 11.6 Å². The van der Waals surface area contributed by atoms with E-state index in [2.05, 4.69) is 20.2 Å². The molecule has 2 aromatic carbocycles. The largest absolute Gasteiger partial charge is 0.494 e. The smallest absolute Gasteiger partial charge is 0.222 e. The lowest BCUT2D eigenvalue weighted by atomic mass is 10.2. The van der Waals surface area contributed by atoms with Crippen molar-refractivity contribution in [3.63, 3.8) is 0 Å². The van der Waals surface area contributed by atoms with Gasteiger partial charge in [0, 0.05) is 29.5 Å². The molecule has 1 atom stereocenters. The molecule has 0 spiro atoms. The van der Waals surface area contributed by atoms with E-state index in [1.165, 1.54) is 0 Å². The van der Waals surface area contributed by atoms with Crippen LogP contribution < -0.4 is 20.7 Å². The van der Waals surface area contributed by atoms with Crippen molar-refractivity contribution in [2.45, 2.75) is 13.2 Å². The monoisotopic (exact) mass is 428 g/mol. The summed E-state index contributed by atoms with van der Waals surface area (Å²) in [5.41, 5.74) is 7.90. The van der Waals surface area contributed by atoms with E-state index in [-0.39, 0.29) is 5.96 Å². The first-order valence-electron chi connectivity index (χ1n) is 9.93. The zero-order valence-electron chi connectivity index (χ0n) is 16.8. The molecule has 0 aliphatic carbocycles. The summed E-state index contributed by atoms with van der Waals surface area (Å²) in [7, 11) is 0. The lowest BCUT2D eigenvalue weighted by molar-refractivity contribution is 0.0671. The molecule has 1 saturated heterocycles. The average Bonchev–Trinajstić information content (AvgIpc) is 2.77. The van der Waals surface area contributed by atoms with Gasteiger partial charge in [-0.05, 0) is 55.5 Å². The molecule has 2 aliphatic rings. The van der Waals surface area contributed by atoms with Crippen LogP contribution in [0.3, 0.4) is 0 Å². The van der Waals surface area contributed by atoms with Crippen molar-refractivity contribution in [1.29, 1.82) is 0 Å². The summed E-state index contributed by atoms with van der Waals surface area (Å²) in [6.07, 6.45) is -0.473. The summed E-state index contributed by atoms with van der Waals surface area (Å²) in [5, 5.41) is 4.10. The van der Waals surface area contributed by atoms with Crippen molar-refractivity contribution in [3.05, 3.63) is 53.6 Å². The van der Waals surface area contributed by atoms with Crippen molar-refractivity contribution >= 4 is 34.9 Å². The minimum absolute atomic E-state index is 0.227. The normalized spacial score (nSPS) is 19.2. The van der Waals surface area contributed by atoms with Crippen LogP contribution in [-0.2, 0) is 4.74 Å². The second kappa shape index (κ2) is 9.23. The molecule has 0 bridgehead atoms. The maximum absolute atomic E-state index is 6.10. The van der Waals surface area contributed by atoms with Crippen LogP contribution in [0.2, 0.25) is 5.02 Å². The van der Waals surface area contributed by atoms with Gasteiger partial charge >= 0.3 is 0 Å². The van der Waals surface area contributed by atoms with Crippen LogP contribution in [0.4, 0.5) is 11.4 Å². The summed E-state index contributed by atoms with van der Waals surface area (Å²) in [4.78, 5) is 13.3. The van der Waals surface area contributed by atoms with Crippen LogP contribution in [0.1, 0.15) is 6.92 Å². The number of morpholine rings is 1. The van der Waals surface area contributed by atoms with Gasteiger partial charge in [0.2, 0.25) is 18.2 Å². The van der Waals surface area contributed by atoms with Crippen LogP contribution in [0.25, 0.3) is 0 Å². The Bertz CT molecular complexity index is 910. The number of hydrogen-bond acceptors (Lipinski definition) is 8. The summed E-state index contributed by atoms with van der Waals surface area (Å²) in [6, 6.07) is 15.3. The van der Waals surface area contributed by atoms with Gasteiger partial charge in [0.15, 0.2) is 0 Å². The molecule has 0 saturated carbocycles. The number of ether oxygens (including phenoxy) is 2. The molecule has 3 N–H and O–H groups in total. The Morgan fingerprint density at radius 3 is 2.50 bits per heavy atom. The maximum Gasteiger partial charge on any atom is 0.222 e. The van der Waals surface area contributed by atoms with E-state index in [9.17, 15) is 0 Å². The molecule has 4 rings (SSSR count). The van der Waals surface area contributed by atoms with Gasteiger partial charge in [0.1, 0.15) is 5.75 Å². The lowest BCUT2D eigenvalue weighted by Crippen LogP contribution is -2.57. The fourth-order valence-corrected chi connectivity index (χ4v) is 3.51. The Labute approximate surface area is 180 Å². The number of aliphatic imine (C=N–C) groups is 2. The molecule has 0 radical (unpaired) electrons. The zero-order chi connectivity index (χ0) is 20.9. The molecule has 2 aliphatic heterocycles. The molecule has 30 heavy (non-hydrogen) atoms. The summed E-state index contributed by atoms with van der Waals surface area (Å²) in [5.74, 6) is 1.78. The number of halogens is 1. The Morgan fingerprint density at radius 2 is 1.83 bits per heavy atom. The fraction of sp³-hybridized carbons (Fsp3) is 0.333. The molecule has 9 heteroatoms. The number of rotatable bonds is 5. The van der Waals surface area contributed by atoms with E-state index in [4.69, 9.17) is 26.8 Å². The highest BCUT2D eigenvalue weighted by Crippen LogP contribution is 2.27. The molecule has 0 amide bonds. The number of nitrogens with one attached hydrogen (secondary N) is 1. The maximum atomic E-state index is 6.10. The first kappa shape index (κ1) is 20.3. The number of benzene rings is 2. The quantitative estimate of drug-likeness (QED) is 0.761. The standard InChI is InChI=1S/C21H25ClN6O2/c1-2-30-18-9-7-17(8-10-18)28-20(24-16-5-3-15(22)4-6-16)25-19(23)26-21(28)27-11-13-29-14-12-27/h3-10,20,24H,2,11-14H2,1H3,(H2,23,25). The number of guanidine groups is 2. The molecule has 2 heterocycles. The molecule has 8 nitrogen and oxygen atoms in total. The van der Waals surface area contributed by atoms with Gasteiger partial charge in [-0.3, -0.25) is 4.90 Å². The summed E-state index contributed by atoms with van der Waals surface area (Å²) >= 11 is 6.03. The van der Waals surface area contributed by atoms with Gasteiger partial charge in [-0.25, -0.2) is 4.99 Å². The molecule has 1 unspecified atom stereocenters. The highest BCUT2D eigenvalue weighted by Gasteiger charge is 2.32. The van der Waals surface area contributed by atoms with Gasteiger partial charge < -0.3 is 25.4 Å². The SMILES string of the molecule is CCOc1ccc(N2C(N3CCOCC3)=NC(N)=NC2Nc2ccc(Cl)cc2)cc1. The Morgan fingerprint density at radius 1 is 1.13 bits per heavy atom. The average molecular weight is 429 g/mol. The van der Waals surface area contributed by atoms with Gasteiger partial charge in [0.25, 0.3) is 0 Å². The predicted octanol–water partition coefficient (Wildman–Crippen LogP) is 2.96. The first-order valence-corrected chi connectivity index (χ1v) is 10.3. The van der Waals surface area contributed by atoms with Crippen molar-refractivity contribution in [3.8, 4) is 5.75 Å². The van der Waals surface area contributed by atoms with Crippen molar-refractivity contribution in [2.24, 2.45) is 15.7 Å². The highest BCUT2D eigenvalue weighted by atomic mass is 35.5. The molecule has 2 aromatic rings. The van der Waals surface area contributed by atoms with Crippen molar-refractivity contribution < 1.29 is 9.47 Å². The van der Waals surface area contributed by atoms with Crippen molar-refractivity contribution in [2.75, 3.05) is 43.1 Å². The molecule has 158 valence electrons. The topological polar surface area (TPSA) is 87.7 Å². The Balaban J connectivity index is 1.68. The van der Waals surface area contributed by atoms with Crippen molar-refractivity contribution in [1.82, 2.24) is 4.90 Å². The van der Waals surface area contributed by atoms with Gasteiger partial charge in [-0.15, -0.1) is 0 Å². The number of nitrogens with two attached hydrogens (primary N) is 1. The van der Waals surface area contributed by atoms with E-state index in [0.717, 1.165) is 36.2 Å². The Hall–Kier alpha value is -2.97. The van der Waals surface area contributed by atoms with Crippen LogP contribution >= 0.6 is 11.6 Å². The first-order chi connectivity index (χ1) is 14.6. The van der Waals surface area contributed by atoms with Crippen LogP contribution in [-0.4, -0.2) is 56.0 Å². The lowest BCUT2D eigenvalue weighted by Gasteiger charge is -2.41. The number of hydrogen-bond donors (Lipinski definition) is 2. The minimum atomic E-state index is -0.473. The van der Waals surface area contributed by atoms with E-state index < -0.39 is 6.29 Å². The fourth-order valence-electron chi connectivity index (χ4n) is 3.38. The van der Waals surface area contributed by atoms with E-state index in [0.29, 0.717) is 24.8 Å². The molecule has 1 fully saturated rings. The zero-order valence-corrected chi connectivity index (χ0v) is 17.5. The second-order valence-electron chi connectivity index (χ2n) is 6.82. The number of anilines is 2. The second-order valence-corrected chi connectivity index (χ2v) is 7.26. The van der Waals surface area contributed by atoms with Crippen LogP contribution in [0, 0.1) is 0 Å². The number of nitrogens with zero attached hydrogens (tertiary/aromatic N) is 4. The van der Waals surface area contributed by atoms with E-state index in [1.54, 1.807) is 0 Å². The third-order valence-corrected chi connectivity index (χ3v) is 5.04. The Kier molecular flexibility index (Phi) is 6.25. The third kappa shape index (κ3) is 4.60. The van der Waals surface area contributed by atoms with Gasteiger partial charge in [-0.2, -0.15) is 4.99 Å². The molecular formula is C21H25ClN6O2. The van der Waals surface area contributed by atoms with Gasteiger partial charge in [0.05, 0.1) is 19.8 Å². The third-order valence-electron chi connectivity index (χ3n) is 4.79.